The van der Waals surface area contributed by atoms with Crippen molar-refractivity contribution in [3.05, 3.63) is 45.4 Å². The molecule has 0 bridgehead atoms. The maximum Gasteiger partial charge on any atom is 0.341 e. The summed E-state index contributed by atoms with van der Waals surface area (Å²) in [5.41, 5.74) is 2.78. The number of pyridine rings is 2. The predicted molar refractivity (Wildman–Crippen MR) is 124 cm³/mol. The van der Waals surface area contributed by atoms with Crippen LogP contribution in [-0.2, 0) is 6.42 Å². The van der Waals surface area contributed by atoms with Crippen molar-refractivity contribution in [1.82, 2.24) is 9.55 Å². The second-order valence-electron chi connectivity index (χ2n) is 10.1. The van der Waals surface area contributed by atoms with E-state index in [-0.39, 0.29) is 30.5 Å². The molecule has 3 aliphatic rings. The van der Waals surface area contributed by atoms with E-state index in [0.717, 1.165) is 48.6 Å². The van der Waals surface area contributed by atoms with Crippen molar-refractivity contribution in [1.29, 1.82) is 0 Å². The van der Waals surface area contributed by atoms with E-state index < -0.39 is 11.4 Å². The molecule has 1 atom stereocenters. The molecule has 7 heteroatoms. The summed E-state index contributed by atoms with van der Waals surface area (Å²) in [6.45, 7) is 7.17. The van der Waals surface area contributed by atoms with Crippen LogP contribution in [0.4, 0.5) is 0 Å². The maximum atomic E-state index is 12.5. The van der Waals surface area contributed by atoms with Gasteiger partial charge in [-0.05, 0) is 55.1 Å². The Morgan fingerprint density at radius 1 is 1.23 bits per heavy atom. The third-order valence-corrected chi connectivity index (χ3v) is 6.53. The summed E-state index contributed by atoms with van der Waals surface area (Å²) < 4.78 is 8.16. The first-order chi connectivity index (χ1) is 14.2. The highest BCUT2D eigenvalue weighted by Gasteiger charge is 2.37. The zero-order chi connectivity index (χ0) is 21.2. The Morgan fingerprint density at radius 3 is 2.52 bits per heavy atom. The van der Waals surface area contributed by atoms with Crippen LogP contribution < -0.4 is 10.2 Å². The molecule has 0 amide bonds. The summed E-state index contributed by atoms with van der Waals surface area (Å²) in [5.74, 6) is 0.797. The molecule has 2 fully saturated rings. The Hall–Kier alpha value is -2.28. The van der Waals surface area contributed by atoms with Gasteiger partial charge in [0.25, 0.3) is 0 Å². The summed E-state index contributed by atoms with van der Waals surface area (Å²) in [5, 5.41) is 9.48. The molecule has 0 unspecified atom stereocenters. The molecule has 0 radical (unpaired) electrons. The number of fused-ring (bicyclic) bond motifs is 3. The maximum absolute atomic E-state index is 12.5. The van der Waals surface area contributed by atoms with E-state index in [9.17, 15) is 14.7 Å². The van der Waals surface area contributed by atoms with Crippen LogP contribution in [0.2, 0.25) is 0 Å². The van der Waals surface area contributed by atoms with Gasteiger partial charge in [0.05, 0.1) is 23.7 Å². The van der Waals surface area contributed by atoms with Crippen molar-refractivity contribution >= 4 is 19.5 Å². The number of ether oxygens (including phenoxy) is 1. The second-order valence-corrected chi connectivity index (χ2v) is 10.1. The van der Waals surface area contributed by atoms with Gasteiger partial charge in [0, 0.05) is 24.2 Å². The lowest BCUT2D eigenvalue weighted by Crippen LogP contribution is -2.33. The van der Waals surface area contributed by atoms with Gasteiger partial charge < -0.3 is 14.4 Å². The molecule has 2 aromatic rings. The van der Waals surface area contributed by atoms with E-state index in [1.54, 1.807) is 0 Å². The molecular formula is C24H30N2O4S. The van der Waals surface area contributed by atoms with Crippen molar-refractivity contribution in [3.8, 4) is 17.1 Å². The average Bonchev–Trinajstić information content (AvgIpc) is 3.57. The van der Waals surface area contributed by atoms with Gasteiger partial charge in [-0.2, -0.15) is 13.5 Å². The van der Waals surface area contributed by atoms with E-state index in [1.165, 1.54) is 25.1 Å². The molecule has 2 saturated carbocycles. The molecule has 1 N–H and O–H groups in total. The molecule has 0 aromatic carbocycles. The number of carboxylic acid groups (broad SMARTS) is 1. The molecule has 0 saturated heterocycles. The minimum atomic E-state index is -1.19. The third kappa shape index (κ3) is 4.12. The van der Waals surface area contributed by atoms with Gasteiger partial charge in [0.2, 0.25) is 0 Å². The number of aromatic nitrogens is 2. The fourth-order valence-corrected chi connectivity index (χ4v) is 4.37. The normalized spacial score (nSPS) is 19.8. The molecule has 3 heterocycles. The first kappa shape index (κ1) is 21.9. The van der Waals surface area contributed by atoms with Crippen LogP contribution in [0.5, 0.6) is 5.75 Å². The molecule has 166 valence electrons. The lowest BCUT2D eigenvalue weighted by molar-refractivity contribution is 0.0693. The third-order valence-electron chi connectivity index (χ3n) is 6.53. The molecule has 0 spiro atoms. The lowest BCUT2D eigenvalue weighted by Gasteiger charge is -2.38. The number of nitrogens with zero attached hydrogens (tertiary/aromatic N) is 2. The van der Waals surface area contributed by atoms with Crippen molar-refractivity contribution < 1.29 is 14.6 Å². The van der Waals surface area contributed by atoms with Crippen molar-refractivity contribution in [3.63, 3.8) is 0 Å². The summed E-state index contributed by atoms with van der Waals surface area (Å²) >= 11 is 0. The Kier molecular flexibility index (Phi) is 5.44. The van der Waals surface area contributed by atoms with Crippen molar-refractivity contribution in [2.45, 2.75) is 64.8 Å². The Balaban J connectivity index is 0.00000231. The van der Waals surface area contributed by atoms with E-state index >= 15 is 0 Å². The minimum absolute atomic E-state index is 0. The fraction of sp³-hybridized carbons (Fsp3) is 0.542. The van der Waals surface area contributed by atoms with Crippen LogP contribution >= 0.6 is 13.5 Å². The van der Waals surface area contributed by atoms with E-state index in [0.29, 0.717) is 17.5 Å². The Labute approximate surface area is 189 Å². The highest BCUT2D eigenvalue weighted by molar-refractivity contribution is 7.59. The molecule has 31 heavy (non-hydrogen) atoms. The SMILES string of the molecule is CC(C)(C)[C@@H]1Cc2cc(OCC3CC3)c(C3CC3)nc2-c2cc(=O)c(C(=O)O)cn21.S. The van der Waals surface area contributed by atoms with E-state index in [2.05, 4.69) is 26.8 Å². The van der Waals surface area contributed by atoms with Gasteiger partial charge in [0.15, 0.2) is 5.43 Å². The van der Waals surface area contributed by atoms with Crippen LogP contribution in [0.25, 0.3) is 11.4 Å². The smallest absolute Gasteiger partial charge is 0.341 e. The summed E-state index contributed by atoms with van der Waals surface area (Å²) in [4.78, 5) is 29.1. The molecular weight excluding hydrogens is 412 g/mol. The quantitative estimate of drug-likeness (QED) is 0.736. The fourth-order valence-electron chi connectivity index (χ4n) is 4.37. The highest BCUT2D eigenvalue weighted by Crippen LogP contribution is 2.48. The first-order valence-electron chi connectivity index (χ1n) is 10.9. The summed E-state index contributed by atoms with van der Waals surface area (Å²) in [6.07, 6.45) is 6.94. The largest absolute Gasteiger partial charge is 0.491 e. The molecule has 2 aromatic heterocycles. The van der Waals surface area contributed by atoms with E-state index in [1.807, 2.05) is 4.57 Å². The molecule has 6 nitrogen and oxygen atoms in total. The lowest BCUT2D eigenvalue weighted by atomic mass is 9.79. The van der Waals surface area contributed by atoms with Gasteiger partial charge >= 0.3 is 5.97 Å². The second kappa shape index (κ2) is 7.69. The van der Waals surface area contributed by atoms with Gasteiger partial charge in [-0.3, -0.25) is 4.79 Å². The van der Waals surface area contributed by atoms with Crippen LogP contribution in [0.1, 0.15) is 80.0 Å². The zero-order valence-corrected chi connectivity index (χ0v) is 19.3. The number of aromatic carboxylic acids is 1. The van der Waals surface area contributed by atoms with Gasteiger partial charge in [0.1, 0.15) is 11.3 Å². The summed E-state index contributed by atoms with van der Waals surface area (Å²) in [7, 11) is 0. The topological polar surface area (TPSA) is 81.4 Å². The molecule has 1 aliphatic heterocycles. The number of hydrogen-bond acceptors (Lipinski definition) is 4. The highest BCUT2D eigenvalue weighted by atomic mass is 32.1. The Bertz CT molecular complexity index is 1090. The van der Waals surface area contributed by atoms with Crippen LogP contribution in [0.15, 0.2) is 23.1 Å². The number of carboxylic acids is 1. The zero-order valence-electron chi connectivity index (χ0n) is 18.3. The minimum Gasteiger partial charge on any atom is -0.491 e. The number of rotatable bonds is 5. The monoisotopic (exact) mass is 442 g/mol. The first-order valence-corrected chi connectivity index (χ1v) is 10.9. The summed E-state index contributed by atoms with van der Waals surface area (Å²) in [6, 6.07) is 3.61. The van der Waals surface area contributed by atoms with Crippen LogP contribution in [0, 0.1) is 11.3 Å². The standard InChI is InChI=1S/C24H28N2O4.H2S/c1-24(2,3)20-9-15-8-19(30-12-13-4-5-13)22(14-6-7-14)25-21(15)17-10-18(27)16(23(28)29)11-26(17)20;/h8,10-11,13-14,20H,4-7,9,12H2,1-3H3,(H,28,29);1H2/t20-;/m0./s1. The van der Waals surface area contributed by atoms with Crippen LogP contribution in [-0.4, -0.2) is 27.2 Å². The molecule has 5 rings (SSSR count). The number of carbonyl (C=O) groups is 1. The van der Waals surface area contributed by atoms with Gasteiger partial charge in [-0.1, -0.05) is 20.8 Å². The van der Waals surface area contributed by atoms with Crippen molar-refractivity contribution in [2.75, 3.05) is 6.61 Å². The molecule has 2 aliphatic carbocycles. The average molecular weight is 443 g/mol. The Morgan fingerprint density at radius 2 is 1.94 bits per heavy atom. The number of hydrogen-bond donors (Lipinski definition) is 1. The van der Waals surface area contributed by atoms with Crippen molar-refractivity contribution in [2.24, 2.45) is 11.3 Å². The van der Waals surface area contributed by atoms with Crippen LogP contribution in [0.3, 0.4) is 0 Å². The van der Waals surface area contributed by atoms with Gasteiger partial charge in [-0.25, -0.2) is 9.78 Å². The van der Waals surface area contributed by atoms with E-state index in [4.69, 9.17) is 9.72 Å². The predicted octanol–water partition coefficient (Wildman–Crippen LogP) is 4.53. The van der Waals surface area contributed by atoms with Gasteiger partial charge in [-0.15, -0.1) is 0 Å².